The van der Waals surface area contributed by atoms with Crippen molar-refractivity contribution in [1.82, 2.24) is 0 Å². The Bertz CT molecular complexity index is 899. The van der Waals surface area contributed by atoms with Gasteiger partial charge in [0.25, 0.3) is 10.0 Å². The van der Waals surface area contributed by atoms with Crippen LogP contribution >= 0.6 is 11.6 Å². The molecular formula is C16H15ClN2O5S. The Labute approximate surface area is 150 Å². The third-order valence-electron chi connectivity index (χ3n) is 3.63. The van der Waals surface area contributed by atoms with E-state index in [9.17, 15) is 13.2 Å². The third-order valence-corrected chi connectivity index (χ3v) is 5.24. The molecule has 132 valence electrons. The van der Waals surface area contributed by atoms with Gasteiger partial charge in [0, 0.05) is 10.7 Å². The van der Waals surface area contributed by atoms with Crippen molar-refractivity contribution in [3.05, 3.63) is 47.5 Å². The first-order valence-corrected chi connectivity index (χ1v) is 9.17. The molecule has 1 aliphatic heterocycles. The van der Waals surface area contributed by atoms with Gasteiger partial charge in [0.2, 0.25) is 0 Å². The molecule has 1 aliphatic rings. The SMILES string of the molecule is COc1ccc(Cl)cc1NS(=O)(=O)c1ccc(N2CCOC2=O)cc1. The number of carbonyl (C=O) groups excluding carboxylic acids is 1. The zero-order chi connectivity index (χ0) is 18.0. The van der Waals surface area contributed by atoms with E-state index in [-0.39, 0.29) is 10.6 Å². The first-order valence-electron chi connectivity index (χ1n) is 7.31. The largest absolute Gasteiger partial charge is 0.495 e. The lowest BCUT2D eigenvalue weighted by atomic mass is 10.3. The Kier molecular flexibility index (Phi) is 4.73. The number of halogens is 1. The van der Waals surface area contributed by atoms with E-state index in [0.717, 1.165) is 0 Å². The fourth-order valence-corrected chi connectivity index (χ4v) is 3.63. The quantitative estimate of drug-likeness (QED) is 0.858. The van der Waals surface area contributed by atoms with Crippen molar-refractivity contribution >= 4 is 39.1 Å². The summed E-state index contributed by atoms with van der Waals surface area (Å²) in [4.78, 5) is 13.0. The molecule has 9 heteroatoms. The lowest BCUT2D eigenvalue weighted by Gasteiger charge is -2.14. The van der Waals surface area contributed by atoms with Crippen molar-refractivity contribution in [2.45, 2.75) is 4.90 Å². The van der Waals surface area contributed by atoms with Crippen LogP contribution < -0.4 is 14.4 Å². The lowest BCUT2D eigenvalue weighted by Crippen LogP contribution is -2.23. The van der Waals surface area contributed by atoms with Crippen molar-refractivity contribution in [2.24, 2.45) is 0 Å². The van der Waals surface area contributed by atoms with Crippen LogP contribution in [0.1, 0.15) is 0 Å². The Morgan fingerprint density at radius 3 is 2.52 bits per heavy atom. The number of nitrogens with zero attached hydrogens (tertiary/aromatic N) is 1. The van der Waals surface area contributed by atoms with Crippen LogP contribution in [0.3, 0.4) is 0 Å². The molecule has 0 radical (unpaired) electrons. The average Bonchev–Trinajstić information content (AvgIpc) is 3.01. The van der Waals surface area contributed by atoms with Crippen LogP contribution in [-0.2, 0) is 14.8 Å². The lowest BCUT2D eigenvalue weighted by molar-refractivity contribution is 0.181. The predicted molar refractivity (Wildman–Crippen MR) is 93.9 cm³/mol. The molecule has 2 aromatic carbocycles. The van der Waals surface area contributed by atoms with E-state index in [4.69, 9.17) is 21.1 Å². The number of hydrogen-bond donors (Lipinski definition) is 1. The van der Waals surface area contributed by atoms with Crippen LogP contribution in [0.4, 0.5) is 16.2 Å². The van der Waals surface area contributed by atoms with Crippen LogP contribution in [0.25, 0.3) is 0 Å². The predicted octanol–water partition coefficient (Wildman–Crippen LogP) is 3.11. The molecule has 0 atom stereocenters. The number of hydrogen-bond acceptors (Lipinski definition) is 5. The molecular weight excluding hydrogens is 368 g/mol. The number of amides is 1. The van der Waals surface area contributed by atoms with E-state index in [2.05, 4.69) is 4.72 Å². The van der Waals surface area contributed by atoms with Gasteiger partial charge in [-0.1, -0.05) is 11.6 Å². The van der Waals surface area contributed by atoms with Gasteiger partial charge >= 0.3 is 6.09 Å². The second kappa shape index (κ2) is 6.81. The Hall–Kier alpha value is -2.45. The molecule has 0 unspecified atom stereocenters. The van der Waals surface area contributed by atoms with Gasteiger partial charge in [-0.15, -0.1) is 0 Å². The van der Waals surface area contributed by atoms with Crippen molar-refractivity contribution in [3.8, 4) is 5.75 Å². The highest BCUT2D eigenvalue weighted by molar-refractivity contribution is 7.92. The number of methoxy groups -OCH3 is 1. The van der Waals surface area contributed by atoms with Crippen molar-refractivity contribution < 1.29 is 22.7 Å². The van der Waals surface area contributed by atoms with Crippen LogP contribution in [0, 0.1) is 0 Å². The topological polar surface area (TPSA) is 84.9 Å². The second-order valence-corrected chi connectivity index (χ2v) is 7.33. The summed E-state index contributed by atoms with van der Waals surface area (Å²) in [6.07, 6.45) is -0.447. The zero-order valence-electron chi connectivity index (χ0n) is 13.2. The summed E-state index contributed by atoms with van der Waals surface area (Å²) in [5.74, 6) is 0.351. The molecule has 0 aromatic heterocycles. The van der Waals surface area contributed by atoms with Gasteiger partial charge in [-0.3, -0.25) is 9.62 Å². The number of nitrogens with one attached hydrogen (secondary N) is 1. The van der Waals surface area contributed by atoms with Crippen LogP contribution in [-0.4, -0.2) is 34.8 Å². The second-order valence-electron chi connectivity index (χ2n) is 5.21. The van der Waals surface area contributed by atoms with Crippen molar-refractivity contribution in [2.75, 3.05) is 29.9 Å². The van der Waals surface area contributed by atoms with Gasteiger partial charge in [-0.25, -0.2) is 13.2 Å². The molecule has 7 nitrogen and oxygen atoms in total. The maximum atomic E-state index is 12.6. The molecule has 0 saturated carbocycles. The minimum Gasteiger partial charge on any atom is -0.495 e. The summed E-state index contributed by atoms with van der Waals surface area (Å²) in [7, 11) is -2.40. The Morgan fingerprint density at radius 1 is 1.20 bits per heavy atom. The monoisotopic (exact) mass is 382 g/mol. The Morgan fingerprint density at radius 2 is 1.92 bits per heavy atom. The highest BCUT2D eigenvalue weighted by Gasteiger charge is 2.24. The van der Waals surface area contributed by atoms with Crippen LogP contribution in [0.2, 0.25) is 5.02 Å². The molecule has 3 rings (SSSR count). The van der Waals surface area contributed by atoms with Crippen LogP contribution in [0.5, 0.6) is 5.75 Å². The smallest absolute Gasteiger partial charge is 0.414 e. The van der Waals surface area contributed by atoms with E-state index < -0.39 is 16.1 Å². The van der Waals surface area contributed by atoms with Gasteiger partial charge < -0.3 is 9.47 Å². The van der Waals surface area contributed by atoms with E-state index in [0.29, 0.717) is 29.6 Å². The van der Waals surface area contributed by atoms with Gasteiger partial charge in [0.1, 0.15) is 12.4 Å². The number of anilines is 2. The normalized spacial score (nSPS) is 14.3. The fraction of sp³-hybridized carbons (Fsp3) is 0.188. The molecule has 1 N–H and O–H groups in total. The molecule has 1 saturated heterocycles. The molecule has 0 bridgehead atoms. The molecule has 0 aliphatic carbocycles. The summed E-state index contributed by atoms with van der Waals surface area (Å²) in [6.45, 7) is 0.748. The highest BCUT2D eigenvalue weighted by atomic mass is 35.5. The van der Waals surface area contributed by atoms with Gasteiger partial charge in [-0.2, -0.15) is 0 Å². The van der Waals surface area contributed by atoms with Gasteiger partial charge in [0.15, 0.2) is 0 Å². The van der Waals surface area contributed by atoms with Crippen molar-refractivity contribution in [3.63, 3.8) is 0 Å². The first kappa shape index (κ1) is 17.4. The number of ether oxygens (including phenoxy) is 2. The number of sulfonamides is 1. The van der Waals surface area contributed by atoms with E-state index in [1.54, 1.807) is 24.3 Å². The van der Waals surface area contributed by atoms with Gasteiger partial charge in [0.05, 0.1) is 24.2 Å². The standard InChI is InChI=1S/C16H15ClN2O5S/c1-23-15-7-2-11(17)10-14(15)18-25(21,22)13-5-3-12(4-6-13)19-8-9-24-16(19)20/h2-7,10,18H,8-9H2,1H3. The minimum absolute atomic E-state index is 0.0471. The molecule has 25 heavy (non-hydrogen) atoms. The molecule has 1 heterocycles. The van der Waals surface area contributed by atoms with Gasteiger partial charge in [-0.05, 0) is 42.5 Å². The average molecular weight is 383 g/mol. The molecule has 0 spiro atoms. The van der Waals surface area contributed by atoms with E-state index >= 15 is 0 Å². The summed E-state index contributed by atoms with van der Waals surface area (Å²) < 4.78 is 37.6. The number of benzene rings is 2. The van der Waals surface area contributed by atoms with Crippen LogP contribution in [0.15, 0.2) is 47.4 Å². The summed E-state index contributed by atoms with van der Waals surface area (Å²) in [5.41, 5.74) is 0.809. The Balaban J connectivity index is 1.85. The summed E-state index contributed by atoms with van der Waals surface area (Å²) in [6, 6.07) is 10.6. The number of rotatable bonds is 5. The molecule has 1 fully saturated rings. The van der Waals surface area contributed by atoms with E-state index in [1.165, 1.54) is 30.2 Å². The first-order chi connectivity index (χ1) is 11.9. The van der Waals surface area contributed by atoms with E-state index in [1.807, 2.05) is 0 Å². The maximum absolute atomic E-state index is 12.6. The maximum Gasteiger partial charge on any atom is 0.414 e. The summed E-state index contributed by atoms with van der Waals surface area (Å²) >= 11 is 5.92. The highest BCUT2D eigenvalue weighted by Crippen LogP contribution is 2.30. The molecule has 1 amide bonds. The molecule has 2 aromatic rings. The zero-order valence-corrected chi connectivity index (χ0v) is 14.8. The number of carbonyl (C=O) groups is 1. The number of cyclic esters (lactones) is 1. The summed E-state index contributed by atoms with van der Waals surface area (Å²) in [5, 5.41) is 0.376. The van der Waals surface area contributed by atoms with Crippen molar-refractivity contribution in [1.29, 1.82) is 0 Å². The fourth-order valence-electron chi connectivity index (χ4n) is 2.40. The third kappa shape index (κ3) is 3.64. The minimum atomic E-state index is -3.84.